The number of anilines is 2. The second kappa shape index (κ2) is 8.71. The van der Waals surface area contributed by atoms with Crippen LogP contribution in [0.4, 0.5) is 11.4 Å². The number of carbonyl (C=O) groups excluding carboxylic acids is 1. The van der Waals surface area contributed by atoms with Gasteiger partial charge in [0.2, 0.25) is 0 Å². The molecule has 32 heavy (non-hydrogen) atoms. The van der Waals surface area contributed by atoms with Gasteiger partial charge in [0.25, 0.3) is 0 Å². The van der Waals surface area contributed by atoms with Crippen molar-refractivity contribution >= 4 is 28.8 Å². The number of benzene rings is 3. The molecule has 0 bridgehead atoms. The molecule has 0 radical (unpaired) electrons. The molecule has 0 unspecified atom stereocenters. The van der Waals surface area contributed by atoms with Gasteiger partial charge in [-0.15, -0.1) is 0 Å². The topological polar surface area (TPSA) is 50.4 Å². The summed E-state index contributed by atoms with van der Waals surface area (Å²) in [5, 5.41) is 7.90. The lowest BCUT2D eigenvalue weighted by molar-refractivity contribution is -0.116. The maximum Gasteiger partial charge on any atom is 0.163 e. The Labute approximate surface area is 193 Å². The van der Waals surface area contributed by atoms with Crippen LogP contribution in [0.1, 0.15) is 42.9 Å². The highest BCUT2D eigenvalue weighted by atomic mass is 35.5. The number of rotatable bonds is 4. The fraction of sp³-hybridized carbons (Fsp3) is 0.222. The maximum atomic E-state index is 13.5. The molecule has 0 spiro atoms. The Morgan fingerprint density at radius 2 is 1.59 bits per heavy atom. The minimum atomic E-state index is -0.226. The van der Waals surface area contributed by atoms with Crippen molar-refractivity contribution in [2.24, 2.45) is 0 Å². The van der Waals surface area contributed by atoms with Gasteiger partial charge in [0.05, 0.1) is 24.0 Å². The minimum Gasteiger partial charge on any atom is -0.494 e. The number of Topliss-reactive ketones (excluding diaryl/α,β-unsaturated/α-hetero) is 1. The number of hydrogen-bond acceptors (Lipinski definition) is 4. The summed E-state index contributed by atoms with van der Waals surface area (Å²) in [6.07, 6.45) is 1.25. The van der Waals surface area contributed by atoms with Crippen molar-refractivity contribution in [2.75, 3.05) is 17.2 Å². The van der Waals surface area contributed by atoms with Crippen LogP contribution in [0.15, 0.2) is 84.1 Å². The lowest BCUT2D eigenvalue weighted by atomic mass is 9.78. The molecule has 2 N–H and O–H groups in total. The highest BCUT2D eigenvalue weighted by Crippen LogP contribution is 2.44. The fourth-order valence-corrected chi connectivity index (χ4v) is 4.76. The Balaban J connectivity index is 1.56. The number of hydrogen-bond donors (Lipinski definition) is 2. The summed E-state index contributed by atoms with van der Waals surface area (Å²) in [4.78, 5) is 13.5. The molecule has 2 aliphatic rings. The second-order valence-corrected chi connectivity index (χ2v) is 8.66. The van der Waals surface area contributed by atoms with Crippen molar-refractivity contribution in [3.05, 3.63) is 100 Å². The van der Waals surface area contributed by atoms with Gasteiger partial charge >= 0.3 is 0 Å². The Kier molecular flexibility index (Phi) is 5.62. The summed E-state index contributed by atoms with van der Waals surface area (Å²) in [5.41, 5.74) is 5.94. The highest BCUT2D eigenvalue weighted by molar-refractivity contribution is 6.30. The van der Waals surface area contributed by atoms with E-state index in [0.717, 1.165) is 45.9 Å². The molecule has 5 heteroatoms. The smallest absolute Gasteiger partial charge is 0.163 e. The van der Waals surface area contributed by atoms with E-state index < -0.39 is 0 Å². The monoisotopic (exact) mass is 444 g/mol. The predicted molar refractivity (Wildman–Crippen MR) is 129 cm³/mol. The van der Waals surface area contributed by atoms with Crippen LogP contribution in [0.2, 0.25) is 5.02 Å². The molecule has 1 heterocycles. The molecule has 0 saturated heterocycles. The fourth-order valence-electron chi connectivity index (χ4n) is 4.64. The number of fused-ring (bicyclic) bond motifs is 1. The van der Waals surface area contributed by atoms with Crippen molar-refractivity contribution in [2.45, 2.75) is 31.7 Å². The van der Waals surface area contributed by atoms with E-state index in [4.69, 9.17) is 16.3 Å². The molecule has 0 fully saturated rings. The number of allylic oxidation sites excluding steroid dienone is 1. The zero-order valence-corrected chi connectivity index (χ0v) is 18.7. The predicted octanol–water partition coefficient (Wildman–Crippen LogP) is 6.72. The van der Waals surface area contributed by atoms with Gasteiger partial charge in [0.1, 0.15) is 5.75 Å². The first-order valence-electron chi connectivity index (χ1n) is 11.0. The Hall–Kier alpha value is -3.24. The van der Waals surface area contributed by atoms with Gasteiger partial charge in [-0.25, -0.2) is 0 Å². The van der Waals surface area contributed by atoms with Crippen LogP contribution in [0.25, 0.3) is 0 Å². The van der Waals surface area contributed by atoms with E-state index in [0.29, 0.717) is 18.1 Å². The minimum absolute atomic E-state index is 0.122. The quantitative estimate of drug-likeness (QED) is 0.469. The lowest BCUT2D eigenvalue weighted by Crippen LogP contribution is -2.26. The van der Waals surface area contributed by atoms with E-state index in [2.05, 4.69) is 10.6 Å². The Morgan fingerprint density at radius 3 is 2.31 bits per heavy atom. The molecule has 1 aliphatic heterocycles. The summed E-state index contributed by atoms with van der Waals surface area (Å²) >= 11 is 6.08. The highest BCUT2D eigenvalue weighted by Gasteiger charge is 2.36. The molecule has 3 aromatic carbocycles. The molecule has 3 aromatic rings. The summed E-state index contributed by atoms with van der Waals surface area (Å²) in [5.74, 6) is 1.12. The van der Waals surface area contributed by atoms with Gasteiger partial charge in [-0.2, -0.15) is 0 Å². The van der Waals surface area contributed by atoms with Crippen LogP contribution in [-0.2, 0) is 4.79 Å². The van der Waals surface area contributed by atoms with Gasteiger partial charge in [0, 0.05) is 22.7 Å². The summed E-state index contributed by atoms with van der Waals surface area (Å²) in [7, 11) is 0. The molecule has 0 saturated carbocycles. The third-order valence-corrected chi connectivity index (χ3v) is 6.43. The number of halogens is 1. The van der Waals surface area contributed by atoms with Crippen molar-refractivity contribution in [3.8, 4) is 5.75 Å². The summed E-state index contributed by atoms with van der Waals surface area (Å²) in [6, 6.07) is 23.7. The molecule has 4 nitrogen and oxygen atoms in total. The van der Waals surface area contributed by atoms with Gasteiger partial charge < -0.3 is 15.4 Å². The SMILES string of the molecule is CCOc1ccc([C@H]2Nc3ccccc3NC3=C2C(=O)C[C@@H](c2ccc(Cl)cc2)C3)cc1. The molecule has 0 aromatic heterocycles. The van der Waals surface area contributed by atoms with Crippen LogP contribution in [0.5, 0.6) is 5.75 Å². The van der Waals surface area contributed by atoms with Crippen LogP contribution in [0, 0.1) is 0 Å². The number of nitrogens with one attached hydrogen (secondary N) is 2. The second-order valence-electron chi connectivity index (χ2n) is 8.22. The van der Waals surface area contributed by atoms with Crippen LogP contribution in [0.3, 0.4) is 0 Å². The van der Waals surface area contributed by atoms with Crippen LogP contribution in [-0.4, -0.2) is 12.4 Å². The first kappa shape index (κ1) is 20.7. The third kappa shape index (κ3) is 3.98. The van der Waals surface area contributed by atoms with Gasteiger partial charge in [-0.3, -0.25) is 4.79 Å². The standard InChI is InChI=1S/C27H25ClN2O2/c1-2-32-21-13-9-18(10-14-21)27-26-24(29-22-5-3-4-6-23(22)30-27)15-19(16-25(26)31)17-7-11-20(28)12-8-17/h3-14,19,27,29-30H,2,15-16H2,1H3/t19-,27+/m0/s1. The maximum absolute atomic E-state index is 13.5. The van der Waals surface area contributed by atoms with Crippen molar-refractivity contribution in [1.82, 2.24) is 0 Å². The van der Waals surface area contributed by atoms with E-state index in [1.165, 1.54) is 0 Å². The van der Waals surface area contributed by atoms with Crippen molar-refractivity contribution in [3.63, 3.8) is 0 Å². The average molecular weight is 445 g/mol. The number of ketones is 1. The van der Waals surface area contributed by atoms with Gasteiger partial charge in [-0.1, -0.05) is 48.0 Å². The van der Waals surface area contributed by atoms with E-state index in [9.17, 15) is 4.79 Å². The molecule has 1 aliphatic carbocycles. The molecule has 2 atom stereocenters. The zero-order chi connectivity index (χ0) is 22.1. The van der Waals surface area contributed by atoms with E-state index in [1.807, 2.05) is 79.7 Å². The normalized spacial score (nSPS) is 19.9. The zero-order valence-electron chi connectivity index (χ0n) is 17.9. The van der Waals surface area contributed by atoms with E-state index in [-0.39, 0.29) is 17.7 Å². The van der Waals surface area contributed by atoms with Crippen molar-refractivity contribution in [1.29, 1.82) is 0 Å². The lowest BCUT2D eigenvalue weighted by Gasteiger charge is -2.30. The van der Waals surface area contributed by atoms with Gasteiger partial charge in [0.15, 0.2) is 5.78 Å². The first-order valence-corrected chi connectivity index (χ1v) is 11.4. The molecule has 162 valence electrons. The molecular weight excluding hydrogens is 420 g/mol. The first-order chi connectivity index (χ1) is 15.6. The summed E-state index contributed by atoms with van der Waals surface area (Å²) < 4.78 is 5.61. The number of ether oxygens (including phenoxy) is 1. The summed E-state index contributed by atoms with van der Waals surface area (Å²) in [6.45, 7) is 2.59. The average Bonchev–Trinajstić information content (AvgIpc) is 2.97. The Bertz CT molecular complexity index is 1170. The number of para-hydroxylation sites is 2. The number of carbonyl (C=O) groups is 1. The molecular formula is C27H25ClN2O2. The van der Waals surface area contributed by atoms with E-state index >= 15 is 0 Å². The third-order valence-electron chi connectivity index (χ3n) is 6.17. The van der Waals surface area contributed by atoms with Gasteiger partial charge in [-0.05, 0) is 66.8 Å². The van der Waals surface area contributed by atoms with Crippen LogP contribution < -0.4 is 15.4 Å². The van der Waals surface area contributed by atoms with Crippen LogP contribution >= 0.6 is 11.6 Å². The molecule has 0 amide bonds. The van der Waals surface area contributed by atoms with Crippen molar-refractivity contribution < 1.29 is 9.53 Å². The largest absolute Gasteiger partial charge is 0.494 e. The Morgan fingerprint density at radius 1 is 0.906 bits per heavy atom. The molecule has 5 rings (SSSR count). The van der Waals surface area contributed by atoms with E-state index in [1.54, 1.807) is 0 Å².